The highest BCUT2D eigenvalue weighted by Gasteiger charge is 2.48. The van der Waals surface area contributed by atoms with Crippen molar-refractivity contribution in [1.29, 1.82) is 0 Å². The molecule has 0 aromatic heterocycles. The van der Waals surface area contributed by atoms with E-state index >= 15 is 0 Å². The first-order valence-corrected chi connectivity index (χ1v) is 13.0. The molecule has 2 aliphatic rings. The number of phenolic OH excluding ortho intramolecular Hbond substituents is 3. The van der Waals surface area contributed by atoms with Gasteiger partial charge < -0.3 is 49.6 Å². The molecule has 42 heavy (non-hydrogen) atoms. The third kappa shape index (κ3) is 6.02. The number of carbonyl (C=O) groups is 2. The molecule has 6 atom stereocenters. The Kier molecular flexibility index (Phi) is 8.31. The van der Waals surface area contributed by atoms with Crippen LogP contribution in [0.1, 0.15) is 34.0 Å². The summed E-state index contributed by atoms with van der Waals surface area (Å²) in [4.78, 5) is 25.5. The Hall–Kier alpha value is -4.62. The van der Waals surface area contributed by atoms with Crippen LogP contribution < -0.4 is 9.47 Å². The highest BCUT2D eigenvalue weighted by atomic mass is 16.7. The smallest absolute Gasteiger partial charge is 0.331 e. The Morgan fingerprint density at radius 2 is 1.71 bits per heavy atom. The van der Waals surface area contributed by atoms with Crippen molar-refractivity contribution in [3.05, 3.63) is 83.4 Å². The fourth-order valence-corrected chi connectivity index (χ4v) is 4.72. The summed E-state index contributed by atoms with van der Waals surface area (Å²) in [5.41, 5.74) is 0.996. The van der Waals surface area contributed by atoms with Gasteiger partial charge in [0.1, 0.15) is 47.2 Å². The molecular weight excluding hydrogens is 552 g/mol. The van der Waals surface area contributed by atoms with Gasteiger partial charge in [-0.2, -0.15) is 0 Å². The fraction of sp³-hybridized carbons (Fsp3) is 0.267. The van der Waals surface area contributed by atoms with Gasteiger partial charge in [-0.05, 0) is 29.3 Å². The van der Waals surface area contributed by atoms with E-state index in [-0.39, 0.29) is 29.2 Å². The van der Waals surface area contributed by atoms with Crippen LogP contribution in [0.15, 0.2) is 66.7 Å². The van der Waals surface area contributed by atoms with Gasteiger partial charge in [-0.25, -0.2) is 4.79 Å². The molecule has 0 saturated carbocycles. The van der Waals surface area contributed by atoms with Gasteiger partial charge in [0.25, 0.3) is 0 Å². The van der Waals surface area contributed by atoms with Crippen LogP contribution >= 0.6 is 0 Å². The molecule has 0 bridgehead atoms. The van der Waals surface area contributed by atoms with Crippen LogP contribution in [0, 0.1) is 0 Å². The molecule has 0 amide bonds. The molecule has 2 heterocycles. The Morgan fingerprint density at radius 3 is 2.43 bits per heavy atom. The number of carbonyl (C=O) groups excluding carboxylic acids is 2. The van der Waals surface area contributed by atoms with Crippen molar-refractivity contribution < 1.29 is 59.2 Å². The van der Waals surface area contributed by atoms with Gasteiger partial charge in [0.15, 0.2) is 23.4 Å². The van der Waals surface area contributed by atoms with E-state index in [0.717, 1.165) is 12.1 Å². The topological polar surface area (TPSA) is 192 Å². The number of ether oxygens (including phenoxy) is 4. The molecule has 12 heteroatoms. The van der Waals surface area contributed by atoms with E-state index in [1.54, 1.807) is 24.3 Å². The summed E-state index contributed by atoms with van der Waals surface area (Å²) in [6.45, 7) is -0.694. The van der Waals surface area contributed by atoms with Crippen LogP contribution in [-0.4, -0.2) is 79.7 Å². The minimum Gasteiger partial charge on any atom is -0.507 e. The Labute approximate surface area is 239 Å². The first kappa shape index (κ1) is 28.9. The van der Waals surface area contributed by atoms with E-state index in [4.69, 9.17) is 18.9 Å². The summed E-state index contributed by atoms with van der Waals surface area (Å²) in [6.07, 6.45) is -6.17. The number of rotatable bonds is 7. The second kappa shape index (κ2) is 12.1. The van der Waals surface area contributed by atoms with Crippen LogP contribution in [0.5, 0.6) is 28.7 Å². The van der Waals surface area contributed by atoms with Gasteiger partial charge in [0.05, 0.1) is 13.0 Å². The minimum atomic E-state index is -1.72. The third-order valence-corrected chi connectivity index (χ3v) is 6.89. The van der Waals surface area contributed by atoms with Gasteiger partial charge in [0, 0.05) is 18.2 Å². The molecule has 0 spiro atoms. The van der Waals surface area contributed by atoms with Crippen LogP contribution in [0.25, 0.3) is 6.08 Å². The maximum atomic E-state index is 12.9. The van der Waals surface area contributed by atoms with Crippen molar-refractivity contribution >= 4 is 17.8 Å². The van der Waals surface area contributed by atoms with Crippen molar-refractivity contribution in [1.82, 2.24) is 0 Å². The zero-order valence-corrected chi connectivity index (χ0v) is 21.9. The predicted octanol–water partition coefficient (Wildman–Crippen LogP) is 1.95. The summed E-state index contributed by atoms with van der Waals surface area (Å²) in [7, 11) is 0. The fourth-order valence-electron chi connectivity index (χ4n) is 4.72. The van der Waals surface area contributed by atoms with Crippen molar-refractivity contribution in [3.63, 3.8) is 0 Å². The highest BCUT2D eigenvalue weighted by Crippen LogP contribution is 2.43. The summed E-state index contributed by atoms with van der Waals surface area (Å²) in [5.74, 6) is -2.73. The Bertz CT molecular complexity index is 1490. The number of benzene rings is 3. The molecule has 0 aliphatic carbocycles. The Morgan fingerprint density at radius 1 is 0.952 bits per heavy atom. The number of aliphatic hydroxyl groups excluding tert-OH is 3. The number of hydrogen-bond donors (Lipinski definition) is 6. The Balaban J connectivity index is 1.39. The molecule has 3 aromatic carbocycles. The number of hydrogen-bond acceptors (Lipinski definition) is 12. The van der Waals surface area contributed by atoms with E-state index in [0.29, 0.717) is 11.1 Å². The normalized spacial score (nSPS) is 25.5. The molecule has 6 N–H and O–H groups in total. The predicted molar refractivity (Wildman–Crippen MR) is 144 cm³/mol. The van der Waals surface area contributed by atoms with Gasteiger partial charge in [0.2, 0.25) is 6.29 Å². The van der Waals surface area contributed by atoms with Crippen molar-refractivity contribution in [2.45, 2.75) is 43.2 Å². The number of aliphatic hydroxyl groups is 3. The molecule has 5 rings (SSSR count). The summed E-state index contributed by atoms with van der Waals surface area (Å²) in [6, 6.07) is 15.2. The zero-order chi connectivity index (χ0) is 30.0. The summed E-state index contributed by atoms with van der Waals surface area (Å²) >= 11 is 0. The average Bonchev–Trinajstić information content (AvgIpc) is 2.97. The van der Waals surface area contributed by atoms with Gasteiger partial charge in [-0.15, -0.1) is 0 Å². The van der Waals surface area contributed by atoms with E-state index in [9.17, 15) is 40.2 Å². The molecule has 12 nitrogen and oxygen atoms in total. The van der Waals surface area contributed by atoms with E-state index in [1.165, 1.54) is 30.3 Å². The molecule has 2 aliphatic heterocycles. The maximum Gasteiger partial charge on any atom is 0.331 e. The van der Waals surface area contributed by atoms with Gasteiger partial charge in [-0.3, -0.25) is 4.79 Å². The third-order valence-electron chi connectivity index (χ3n) is 6.89. The number of aromatic hydroxyl groups is 3. The van der Waals surface area contributed by atoms with Gasteiger partial charge in [-0.1, -0.05) is 36.4 Å². The SMILES string of the molecule is O=C(/C=C/c1ccccc1)O[C@H]1[C@H](Oc2cc(O)c3c(c2)O[C@H](c2ccc(O)c(O)c2)CC3=O)O[C@H](CO)[C@@H](O)[C@@H]1O. The quantitative estimate of drug-likeness (QED) is 0.135. The van der Waals surface area contributed by atoms with Crippen LogP contribution in [-0.2, 0) is 14.3 Å². The molecule has 220 valence electrons. The van der Waals surface area contributed by atoms with Crippen LogP contribution in [0.4, 0.5) is 0 Å². The standard InChI is InChI=1S/C30H28O12/c31-14-24-27(37)28(38)29(42-25(36)9-6-15-4-2-1-3-5-15)30(41-24)39-17-11-20(34)26-21(35)13-22(40-23(26)12-17)16-7-8-18(32)19(33)10-16/h1-12,22,24,27-34,37-38H,13-14H2/b9-6+/t22-,24+,27+,28-,29+,30+/m0/s1. The lowest BCUT2D eigenvalue weighted by atomic mass is 9.95. The average molecular weight is 581 g/mol. The van der Waals surface area contributed by atoms with E-state index in [1.807, 2.05) is 6.07 Å². The number of phenols is 3. The first-order valence-electron chi connectivity index (χ1n) is 13.0. The summed E-state index contributed by atoms with van der Waals surface area (Å²) in [5, 5.41) is 60.9. The van der Waals surface area contributed by atoms with Crippen LogP contribution in [0.2, 0.25) is 0 Å². The van der Waals surface area contributed by atoms with E-state index < -0.39 is 66.7 Å². The number of esters is 1. The molecular formula is C30H28O12. The van der Waals surface area contributed by atoms with Gasteiger partial charge >= 0.3 is 5.97 Å². The van der Waals surface area contributed by atoms with Crippen molar-refractivity contribution in [3.8, 4) is 28.7 Å². The second-order valence-corrected chi connectivity index (χ2v) is 9.77. The number of ketones is 1. The number of fused-ring (bicyclic) bond motifs is 1. The first-order chi connectivity index (χ1) is 20.1. The molecule has 1 saturated heterocycles. The second-order valence-electron chi connectivity index (χ2n) is 9.77. The largest absolute Gasteiger partial charge is 0.507 e. The molecule has 1 fully saturated rings. The molecule has 0 unspecified atom stereocenters. The lowest BCUT2D eigenvalue weighted by Gasteiger charge is -2.41. The summed E-state index contributed by atoms with van der Waals surface area (Å²) < 4.78 is 22.7. The maximum absolute atomic E-state index is 12.9. The molecule has 0 radical (unpaired) electrons. The lowest BCUT2D eigenvalue weighted by molar-refractivity contribution is -0.281. The van der Waals surface area contributed by atoms with E-state index in [2.05, 4.69) is 0 Å². The zero-order valence-electron chi connectivity index (χ0n) is 21.9. The number of Topliss-reactive ketones (excluding diaryl/α,β-unsaturated/α-hetero) is 1. The monoisotopic (exact) mass is 580 g/mol. The molecule has 3 aromatic rings. The minimum absolute atomic E-state index is 0.0618. The van der Waals surface area contributed by atoms with Crippen LogP contribution in [0.3, 0.4) is 0 Å². The lowest BCUT2D eigenvalue weighted by Crippen LogP contribution is -2.61. The van der Waals surface area contributed by atoms with Crippen molar-refractivity contribution in [2.75, 3.05) is 6.61 Å². The highest BCUT2D eigenvalue weighted by molar-refractivity contribution is 6.02. The van der Waals surface area contributed by atoms with Crippen molar-refractivity contribution in [2.24, 2.45) is 0 Å².